The molecule has 0 bridgehead atoms. The van der Waals surface area contributed by atoms with Crippen LogP contribution in [-0.2, 0) is 0 Å². The SMILES string of the molecule is [C-]#[N+]c1c(-c2cccc3ccc(C(=O)O)cc23)ccnc1C. The van der Waals surface area contributed by atoms with Gasteiger partial charge in [-0.1, -0.05) is 24.3 Å². The van der Waals surface area contributed by atoms with E-state index in [0.29, 0.717) is 11.4 Å². The Morgan fingerprint density at radius 3 is 2.73 bits per heavy atom. The molecule has 2 aromatic carbocycles. The summed E-state index contributed by atoms with van der Waals surface area (Å²) in [5, 5.41) is 10.9. The van der Waals surface area contributed by atoms with E-state index in [1.54, 1.807) is 37.4 Å². The number of carbonyl (C=O) groups is 1. The van der Waals surface area contributed by atoms with Gasteiger partial charge in [0.1, 0.15) is 0 Å². The number of benzene rings is 2. The van der Waals surface area contributed by atoms with Crippen molar-refractivity contribution in [2.45, 2.75) is 6.92 Å². The molecule has 22 heavy (non-hydrogen) atoms. The molecule has 0 saturated heterocycles. The van der Waals surface area contributed by atoms with Crippen molar-refractivity contribution in [3.8, 4) is 11.1 Å². The molecule has 0 amide bonds. The van der Waals surface area contributed by atoms with Gasteiger partial charge in [-0.3, -0.25) is 4.98 Å². The molecule has 1 aromatic heterocycles. The number of fused-ring (bicyclic) bond motifs is 1. The molecule has 0 saturated carbocycles. The summed E-state index contributed by atoms with van der Waals surface area (Å²) in [6.45, 7) is 9.18. The summed E-state index contributed by atoms with van der Waals surface area (Å²) in [5.74, 6) is -0.965. The zero-order chi connectivity index (χ0) is 15.7. The van der Waals surface area contributed by atoms with E-state index in [0.717, 1.165) is 21.9 Å². The first-order valence-electron chi connectivity index (χ1n) is 6.71. The highest BCUT2D eigenvalue weighted by atomic mass is 16.4. The summed E-state index contributed by atoms with van der Waals surface area (Å²) in [4.78, 5) is 18.9. The smallest absolute Gasteiger partial charge is 0.335 e. The molecule has 3 rings (SSSR count). The van der Waals surface area contributed by atoms with Gasteiger partial charge in [0.2, 0.25) is 5.69 Å². The van der Waals surface area contributed by atoms with Gasteiger partial charge in [0.15, 0.2) is 0 Å². The predicted molar refractivity (Wildman–Crippen MR) is 85.1 cm³/mol. The lowest BCUT2D eigenvalue weighted by molar-refractivity contribution is 0.0697. The Bertz CT molecular complexity index is 939. The monoisotopic (exact) mass is 288 g/mol. The first-order chi connectivity index (χ1) is 10.6. The number of hydrogen-bond donors (Lipinski definition) is 1. The van der Waals surface area contributed by atoms with E-state index >= 15 is 0 Å². The van der Waals surface area contributed by atoms with Crippen molar-refractivity contribution in [3.05, 3.63) is 71.3 Å². The average molecular weight is 288 g/mol. The number of carboxylic acids is 1. The normalized spacial score (nSPS) is 10.4. The molecule has 0 radical (unpaired) electrons. The van der Waals surface area contributed by atoms with Crippen LogP contribution in [0.15, 0.2) is 48.7 Å². The molecule has 1 heterocycles. The molecule has 3 aromatic rings. The fourth-order valence-corrected chi connectivity index (χ4v) is 2.56. The van der Waals surface area contributed by atoms with Crippen molar-refractivity contribution >= 4 is 22.4 Å². The molecular weight excluding hydrogens is 276 g/mol. The van der Waals surface area contributed by atoms with E-state index in [4.69, 9.17) is 6.57 Å². The van der Waals surface area contributed by atoms with Crippen LogP contribution in [0.4, 0.5) is 5.69 Å². The second kappa shape index (κ2) is 5.30. The highest BCUT2D eigenvalue weighted by Crippen LogP contribution is 2.36. The largest absolute Gasteiger partial charge is 0.478 e. The molecule has 0 unspecified atom stereocenters. The number of carboxylic acid groups (broad SMARTS) is 1. The Labute approximate surface area is 127 Å². The molecule has 4 heteroatoms. The molecule has 0 spiro atoms. The van der Waals surface area contributed by atoms with Crippen LogP contribution in [0.3, 0.4) is 0 Å². The van der Waals surface area contributed by atoms with Crippen molar-refractivity contribution in [3.63, 3.8) is 0 Å². The van der Waals surface area contributed by atoms with Gasteiger partial charge in [-0.15, -0.1) is 0 Å². The van der Waals surface area contributed by atoms with Gasteiger partial charge < -0.3 is 5.11 Å². The third-order valence-electron chi connectivity index (χ3n) is 3.64. The maximum Gasteiger partial charge on any atom is 0.335 e. The molecule has 0 aliphatic rings. The van der Waals surface area contributed by atoms with Crippen LogP contribution in [0.25, 0.3) is 26.7 Å². The quantitative estimate of drug-likeness (QED) is 0.708. The lowest BCUT2D eigenvalue weighted by atomic mass is 9.96. The van der Waals surface area contributed by atoms with Crippen molar-refractivity contribution in [2.75, 3.05) is 0 Å². The molecule has 0 aliphatic carbocycles. The number of hydrogen-bond acceptors (Lipinski definition) is 2. The lowest BCUT2D eigenvalue weighted by Crippen LogP contribution is -1.96. The molecule has 0 fully saturated rings. The zero-order valence-corrected chi connectivity index (χ0v) is 11.9. The van der Waals surface area contributed by atoms with Gasteiger partial charge in [-0.05, 0) is 47.0 Å². The minimum atomic E-state index is -0.965. The van der Waals surface area contributed by atoms with Gasteiger partial charge in [0.05, 0.1) is 12.1 Å². The van der Waals surface area contributed by atoms with Crippen molar-refractivity contribution in [1.82, 2.24) is 4.98 Å². The highest BCUT2D eigenvalue weighted by molar-refractivity contribution is 6.03. The van der Waals surface area contributed by atoms with Crippen LogP contribution in [0, 0.1) is 13.5 Å². The number of rotatable bonds is 2. The van der Waals surface area contributed by atoms with Crippen LogP contribution >= 0.6 is 0 Å². The number of aromatic carboxylic acids is 1. The van der Waals surface area contributed by atoms with E-state index in [9.17, 15) is 9.90 Å². The zero-order valence-electron chi connectivity index (χ0n) is 11.9. The first kappa shape index (κ1) is 13.8. The van der Waals surface area contributed by atoms with Crippen LogP contribution in [-0.4, -0.2) is 16.1 Å². The Balaban J connectivity index is 2.37. The van der Waals surface area contributed by atoms with E-state index < -0.39 is 5.97 Å². The Morgan fingerprint density at radius 2 is 2.00 bits per heavy atom. The Hall–Kier alpha value is -3.19. The molecule has 106 valence electrons. The Morgan fingerprint density at radius 1 is 1.18 bits per heavy atom. The fraction of sp³-hybridized carbons (Fsp3) is 0.0556. The lowest BCUT2D eigenvalue weighted by Gasteiger charge is -2.10. The van der Waals surface area contributed by atoms with Crippen LogP contribution in [0.2, 0.25) is 0 Å². The second-order valence-corrected chi connectivity index (χ2v) is 4.95. The van der Waals surface area contributed by atoms with Gasteiger partial charge in [-0.2, -0.15) is 0 Å². The number of nitrogens with zero attached hydrogens (tertiary/aromatic N) is 2. The summed E-state index contributed by atoms with van der Waals surface area (Å²) in [7, 11) is 0. The van der Waals surface area contributed by atoms with Crippen LogP contribution in [0.5, 0.6) is 0 Å². The minimum Gasteiger partial charge on any atom is -0.478 e. The maximum atomic E-state index is 11.2. The van der Waals surface area contributed by atoms with Gasteiger partial charge in [0, 0.05) is 11.9 Å². The summed E-state index contributed by atoms with van der Waals surface area (Å²) < 4.78 is 0. The summed E-state index contributed by atoms with van der Waals surface area (Å²) in [6, 6.07) is 12.5. The van der Waals surface area contributed by atoms with Gasteiger partial charge in [0.25, 0.3) is 0 Å². The molecule has 0 aliphatic heterocycles. The molecular formula is C18H12N2O2. The Kier molecular flexibility index (Phi) is 3.32. The summed E-state index contributed by atoms with van der Waals surface area (Å²) in [5.41, 5.74) is 3.01. The van der Waals surface area contributed by atoms with E-state index in [2.05, 4.69) is 9.83 Å². The van der Waals surface area contributed by atoms with Crippen LogP contribution < -0.4 is 0 Å². The van der Waals surface area contributed by atoms with Gasteiger partial charge >= 0.3 is 5.97 Å². The summed E-state index contributed by atoms with van der Waals surface area (Å²) >= 11 is 0. The van der Waals surface area contributed by atoms with Crippen molar-refractivity contribution in [2.24, 2.45) is 0 Å². The number of aromatic nitrogens is 1. The standard InChI is InChI=1S/C18H12N2O2/c1-11-17(19-2)15(8-9-20-11)14-5-3-4-12-6-7-13(18(21)22)10-16(12)14/h3-10H,1H3,(H,21,22). The minimum absolute atomic E-state index is 0.232. The van der Waals surface area contributed by atoms with Crippen molar-refractivity contribution < 1.29 is 9.90 Å². The summed E-state index contributed by atoms with van der Waals surface area (Å²) in [6.07, 6.45) is 1.67. The third kappa shape index (κ3) is 2.19. The van der Waals surface area contributed by atoms with E-state index in [-0.39, 0.29) is 5.56 Å². The van der Waals surface area contributed by atoms with Crippen LogP contribution in [0.1, 0.15) is 16.1 Å². The molecule has 1 N–H and O–H groups in total. The fourth-order valence-electron chi connectivity index (χ4n) is 2.56. The topological polar surface area (TPSA) is 54.5 Å². The maximum absolute atomic E-state index is 11.2. The molecule has 0 atom stereocenters. The first-order valence-corrected chi connectivity index (χ1v) is 6.71. The predicted octanol–water partition coefficient (Wildman–Crippen LogP) is 4.46. The highest BCUT2D eigenvalue weighted by Gasteiger charge is 2.13. The number of pyridine rings is 1. The molecule has 4 nitrogen and oxygen atoms in total. The average Bonchev–Trinajstić information content (AvgIpc) is 2.53. The van der Waals surface area contributed by atoms with Crippen molar-refractivity contribution in [1.29, 1.82) is 0 Å². The van der Waals surface area contributed by atoms with E-state index in [1.807, 2.05) is 18.2 Å². The van der Waals surface area contributed by atoms with Gasteiger partial charge in [-0.25, -0.2) is 9.64 Å². The van der Waals surface area contributed by atoms with E-state index in [1.165, 1.54) is 0 Å². The second-order valence-electron chi connectivity index (χ2n) is 4.95. The third-order valence-corrected chi connectivity index (χ3v) is 3.64. The number of aryl methyl sites for hydroxylation is 1.